The smallest absolute Gasteiger partial charge is 0.265 e. The van der Waals surface area contributed by atoms with Crippen molar-refractivity contribution in [3.05, 3.63) is 10.6 Å². The lowest BCUT2D eigenvalue weighted by atomic mass is 10.00. The average Bonchev–Trinajstić information content (AvgIpc) is 2.96. The molecule has 98 valence electrons. The van der Waals surface area contributed by atoms with Crippen molar-refractivity contribution in [3.63, 3.8) is 0 Å². The number of aryl methyl sites for hydroxylation is 1. The summed E-state index contributed by atoms with van der Waals surface area (Å²) in [5.74, 6) is 0.748. The number of aliphatic hydroxyl groups is 1. The summed E-state index contributed by atoms with van der Waals surface area (Å²) in [5.41, 5.74) is 6.34. The molecule has 2 heterocycles. The summed E-state index contributed by atoms with van der Waals surface area (Å²) in [5, 5.41) is 10.3. The van der Waals surface area contributed by atoms with Crippen LogP contribution in [0, 0.1) is 18.8 Å². The first-order chi connectivity index (χ1) is 8.56. The van der Waals surface area contributed by atoms with Crippen LogP contribution in [0.3, 0.4) is 0 Å². The SMILES string of the molecule is Cc1nc(N)sc1C(=O)N1CC2CCC(O)C2C1. The Kier molecular flexibility index (Phi) is 2.79. The summed E-state index contributed by atoms with van der Waals surface area (Å²) in [4.78, 5) is 19.0. The summed E-state index contributed by atoms with van der Waals surface area (Å²) in [6, 6.07) is 0. The number of thiazole rings is 1. The van der Waals surface area contributed by atoms with Gasteiger partial charge in [-0.15, -0.1) is 0 Å². The van der Waals surface area contributed by atoms with Crippen molar-refractivity contribution < 1.29 is 9.90 Å². The summed E-state index contributed by atoms with van der Waals surface area (Å²) in [6.45, 7) is 3.24. The largest absolute Gasteiger partial charge is 0.393 e. The maximum absolute atomic E-state index is 12.4. The number of carbonyl (C=O) groups excluding carboxylic acids is 1. The van der Waals surface area contributed by atoms with E-state index in [-0.39, 0.29) is 17.9 Å². The quantitative estimate of drug-likeness (QED) is 0.791. The zero-order valence-electron chi connectivity index (χ0n) is 10.3. The van der Waals surface area contributed by atoms with Crippen LogP contribution in [0.25, 0.3) is 0 Å². The Bertz CT molecular complexity index is 488. The molecule has 18 heavy (non-hydrogen) atoms. The van der Waals surface area contributed by atoms with Gasteiger partial charge in [0.05, 0.1) is 11.8 Å². The highest BCUT2D eigenvalue weighted by atomic mass is 32.1. The highest BCUT2D eigenvalue weighted by molar-refractivity contribution is 7.17. The van der Waals surface area contributed by atoms with E-state index in [4.69, 9.17) is 5.73 Å². The highest BCUT2D eigenvalue weighted by Gasteiger charge is 2.43. The van der Waals surface area contributed by atoms with Gasteiger partial charge in [0.2, 0.25) is 0 Å². The van der Waals surface area contributed by atoms with Crippen LogP contribution in [-0.4, -0.2) is 40.1 Å². The second kappa shape index (κ2) is 4.20. The molecule has 2 fully saturated rings. The molecule has 0 radical (unpaired) electrons. The van der Waals surface area contributed by atoms with E-state index >= 15 is 0 Å². The van der Waals surface area contributed by atoms with Gasteiger partial charge in [-0.05, 0) is 25.7 Å². The van der Waals surface area contributed by atoms with Crippen molar-refractivity contribution in [3.8, 4) is 0 Å². The predicted octanol–water partition coefficient (Wildman–Crippen LogP) is 0.877. The van der Waals surface area contributed by atoms with Crippen molar-refractivity contribution in [2.24, 2.45) is 11.8 Å². The highest BCUT2D eigenvalue weighted by Crippen LogP contribution is 2.39. The lowest BCUT2D eigenvalue weighted by Crippen LogP contribution is -2.30. The van der Waals surface area contributed by atoms with Gasteiger partial charge in [0, 0.05) is 19.0 Å². The Morgan fingerprint density at radius 3 is 2.89 bits per heavy atom. The monoisotopic (exact) mass is 267 g/mol. The van der Waals surface area contributed by atoms with E-state index in [1.165, 1.54) is 11.3 Å². The molecule has 6 heteroatoms. The van der Waals surface area contributed by atoms with E-state index in [0.717, 1.165) is 19.4 Å². The fourth-order valence-electron chi connectivity index (χ4n) is 3.16. The third-order valence-electron chi connectivity index (χ3n) is 4.11. The van der Waals surface area contributed by atoms with Crippen LogP contribution in [0.4, 0.5) is 5.13 Å². The lowest BCUT2D eigenvalue weighted by Gasteiger charge is -2.17. The zero-order valence-corrected chi connectivity index (χ0v) is 11.1. The van der Waals surface area contributed by atoms with E-state index in [2.05, 4.69) is 4.98 Å². The Hall–Kier alpha value is -1.14. The first-order valence-corrected chi connectivity index (χ1v) is 7.08. The number of nitrogen functional groups attached to an aromatic ring is 1. The van der Waals surface area contributed by atoms with Crippen LogP contribution >= 0.6 is 11.3 Å². The number of aliphatic hydroxyl groups excluding tert-OH is 1. The van der Waals surface area contributed by atoms with Gasteiger partial charge in [0.15, 0.2) is 5.13 Å². The number of amides is 1. The summed E-state index contributed by atoms with van der Waals surface area (Å²) < 4.78 is 0. The molecule has 3 N–H and O–H groups in total. The average molecular weight is 267 g/mol. The molecule has 3 unspecified atom stereocenters. The number of aromatic nitrogens is 1. The molecule has 1 saturated heterocycles. The van der Waals surface area contributed by atoms with Gasteiger partial charge in [-0.2, -0.15) is 0 Å². The van der Waals surface area contributed by atoms with Gasteiger partial charge in [-0.1, -0.05) is 11.3 Å². The molecule has 1 aliphatic carbocycles. The summed E-state index contributed by atoms with van der Waals surface area (Å²) >= 11 is 1.25. The lowest BCUT2D eigenvalue weighted by molar-refractivity contribution is 0.0756. The third-order valence-corrected chi connectivity index (χ3v) is 5.09. The van der Waals surface area contributed by atoms with Crippen LogP contribution in [0.2, 0.25) is 0 Å². The maximum Gasteiger partial charge on any atom is 0.265 e. The molecule has 1 amide bonds. The fraction of sp³-hybridized carbons (Fsp3) is 0.667. The molecule has 1 aromatic rings. The number of hydrogen-bond acceptors (Lipinski definition) is 5. The second-order valence-electron chi connectivity index (χ2n) is 5.25. The van der Waals surface area contributed by atoms with Gasteiger partial charge < -0.3 is 15.7 Å². The van der Waals surface area contributed by atoms with Gasteiger partial charge >= 0.3 is 0 Å². The maximum atomic E-state index is 12.4. The summed E-state index contributed by atoms with van der Waals surface area (Å²) in [6.07, 6.45) is 1.67. The van der Waals surface area contributed by atoms with Crippen molar-refractivity contribution in [1.29, 1.82) is 0 Å². The molecule has 2 aliphatic rings. The standard InChI is InChI=1S/C12H17N3O2S/c1-6-10(18-12(13)14-6)11(17)15-4-7-2-3-9(16)8(7)5-15/h7-9,16H,2-5H2,1H3,(H2,13,14). The molecule has 0 spiro atoms. The van der Waals surface area contributed by atoms with Crippen LogP contribution < -0.4 is 5.73 Å². The Labute approximate surface area is 110 Å². The number of nitrogens with zero attached hydrogens (tertiary/aromatic N) is 2. The van der Waals surface area contributed by atoms with E-state index in [9.17, 15) is 9.90 Å². The van der Waals surface area contributed by atoms with Crippen molar-refractivity contribution in [2.45, 2.75) is 25.9 Å². The number of anilines is 1. The normalized spacial score (nSPS) is 30.8. The second-order valence-corrected chi connectivity index (χ2v) is 6.28. The predicted molar refractivity (Wildman–Crippen MR) is 69.4 cm³/mol. The Morgan fingerprint density at radius 1 is 1.50 bits per heavy atom. The topological polar surface area (TPSA) is 79.5 Å². The number of rotatable bonds is 1. The molecule has 1 aromatic heterocycles. The molecule has 3 rings (SSSR count). The van der Waals surface area contributed by atoms with Crippen LogP contribution in [0.5, 0.6) is 0 Å². The summed E-state index contributed by atoms with van der Waals surface area (Å²) in [7, 11) is 0. The third kappa shape index (κ3) is 1.80. The number of carbonyl (C=O) groups is 1. The molecule has 5 nitrogen and oxygen atoms in total. The van der Waals surface area contributed by atoms with Gasteiger partial charge in [-0.3, -0.25) is 4.79 Å². The minimum Gasteiger partial charge on any atom is -0.393 e. The minimum atomic E-state index is -0.236. The number of nitrogens with two attached hydrogens (primary N) is 1. The van der Waals surface area contributed by atoms with Crippen LogP contribution in [-0.2, 0) is 0 Å². The van der Waals surface area contributed by atoms with Gasteiger partial charge in [-0.25, -0.2) is 4.98 Å². The number of hydrogen-bond donors (Lipinski definition) is 2. The van der Waals surface area contributed by atoms with Gasteiger partial charge in [0.25, 0.3) is 5.91 Å². The van der Waals surface area contributed by atoms with E-state index in [1.807, 2.05) is 11.8 Å². The van der Waals surface area contributed by atoms with E-state index < -0.39 is 0 Å². The van der Waals surface area contributed by atoms with Crippen LogP contribution in [0.15, 0.2) is 0 Å². The van der Waals surface area contributed by atoms with Crippen molar-refractivity contribution >= 4 is 22.4 Å². The van der Waals surface area contributed by atoms with Gasteiger partial charge in [0.1, 0.15) is 4.88 Å². The van der Waals surface area contributed by atoms with E-state index in [1.54, 1.807) is 0 Å². The molecule has 1 saturated carbocycles. The molecular formula is C12H17N3O2S. The zero-order chi connectivity index (χ0) is 12.9. The first kappa shape index (κ1) is 11.9. The Morgan fingerprint density at radius 2 is 2.28 bits per heavy atom. The molecule has 0 bridgehead atoms. The first-order valence-electron chi connectivity index (χ1n) is 6.26. The Balaban J connectivity index is 1.77. The van der Waals surface area contributed by atoms with Crippen molar-refractivity contribution in [1.82, 2.24) is 9.88 Å². The molecule has 3 atom stereocenters. The molecule has 0 aromatic carbocycles. The van der Waals surface area contributed by atoms with Crippen molar-refractivity contribution in [2.75, 3.05) is 18.8 Å². The molecular weight excluding hydrogens is 250 g/mol. The van der Waals surface area contributed by atoms with E-state index in [0.29, 0.717) is 28.2 Å². The number of fused-ring (bicyclic) bond motifs is 1. The molecule has 1 aliphatic heterocycles. The number of likely N-dealkylation sites (tertiary alicyclic amines) is 1. The van der Waals surface area contributed by atoms with Crippen LogP contribution in [0.1, 0.15) is 28.2 Å². The minimum absolute atomic E-state index is 0.0169. The fourth-order valence-corrected chi connectivity index (χ4v) is 3.96.